The zero-order valence-corrected chi connectivity index (χ0v) is 19.2. The van der Waals surface area contributed by atoms with E-state index in [1.807, 2.05) is 42.3 Å². The lowest BCUT2D eigenvalue weighted by atomic mass is 9.93. The van der Waals surface area contributed by atoms with Gasteiger partial charge in [-0.2, -0.15) is 5.01 Å². The van der Waals surface area contributed by atoms with Gasteiger partial charge in [0.05, 0.1) is 6.54 Å². The lowest BCUT2D eigenvalue weighted by Gasteiger charge is -2.22. The maximum Gasteiger partial charge on any atom is 0.344 e. The summed E-state index contributed by atoms with van der Waals surface area (Å²) in [5.74, 6) is -0.393. The lowest BCUT2D eigenvalue weighted by molar-refractivity contribution is -0.139. The Balaban J connectivity index is 1.52. The minimum absolute atomic E-state index is 0.0592. The van der Waals surface area contributed by atoms with Crippen molar-refractivity contribution < 1.29 is 14.4 Å². The SMILES string of the molecule is CC(C)c1ccc(CN(C)CC(=O)NN2C(=O)NC(C)(CCc3ccccc3)C2=O)cc1. The largest absolute Gasteiger partial charge is 0.344 e. The summed E-state index contributed by atoms with van der Waals surface area (Å²) in [6, 6.07) is 17.5. The molecule has 170 valence electrons. The van der Waals surface area contributed by atoms with Gasteiger partial charge in [0.2, 0.25) is 0 Å². The van der Waals surface area contributed by atoms with Gasteiger partial charge in [0.15, 0.2) is 0 Å². The number of aryl methyl sites for hydroxylation is 1. The van der Waals surface area contributed by atoms with E-state index in [0.717, 1.165) is 16.1 Å². The smallest absolute Gasteiger partial charge is 0.322 e. The summed E-state index contributed by atoms with van der Waals surface area (Å²) in [7, 11) is 1.83. The van der Waals surface area contributed by atoms with E-state index in [2.05, 4.69) is 48.9 Å². The lowest BCUT2D eigenvalue weighted by Crippen LogP contribution is -2.51. The molecule has 0 aromatic heterocycles. The van der Waals surface area contributed by atoms with E-state index in [0.29, 0.717) is 25.3 Å². The number of nitrogens with zero attached hydrogens (tertiary/aromatic N) is 2. The van der Waals surface area contributed by atoms with E-state index in [-0.39, 0.29) is 6.54 Å². The number of rotatable bonds is 9. The molecule has 2 N–H and O–H groups in total. The van der Waals surface area contributed by atoms with Crippen molar-refractivity contribution in [2.24, 2.45) is 0 Å². The minimum atomic E-state index is -1.05. The van der Waals surface area contributed by atoms with Crippen LogP contribution in [0.1, 0.15) is 49.8 Å². The van der Waals surface area contributed by atoms with Crippen LogP contribution in [0.3, 0.4) is 0 Å². The van der Waals surface area contributed by atoms with Crippen molar-refractivity contribution in [2.45, 2.75) is 51.6 Å². The first-order valence-electron chi connectivity index (χ1n) is 11.0. The molecule has 2 aromatic carbocycles. The highest BCUT2D eigenvalue weighted by Gasteiger charge is 2.48. The van der Waals surface area contributed by atoms with Gasteiger partial charge in [-0.25, -0.2) is 4.79 Å². The van der Waals surface area contributed by atoms with Crippen molar-refractivity contribution in [2.75, 3.05) is 13.6 Å². The van der Waals surface area contributed by atoms with Gasteiger partial charge in [-0.3, -0.25) is 19.9 Å². The van der Waals surface area contributed by atoms with E-state index in [1.54, 1.807) is 6.92 Å². The molecule has 3 rings (SSSR count). The fourth-order valence-corrected chi connectivity index (χ4v) is 3.78. The van der Waals surface area contributed by atoms with Gasteiger partial charge in [-0.1, -0.05) is 68.4 Å². The molecule has 4 amide bonds. The fraction of sp³-hybridized carbons (Fsp3) is 0.400. The number of benzene rings is 2. The van der Waals surface area contributed by atoms with Crippen molar-refractivity contribution in [3.63, 3.8) is 0 Å². The maximum absolute atomic E-state index is 12.9. The Hall–Kier alpha value is -3.19. The minimum Gasteiger partial charge on any atom is -0.322 e. The summed E-state index contributed by atoms with van der Waals surface area (Å²) in [4.78, 5) is 39.6. The number of likely N-dealkylation sites (N-methyl/N-ethyl adjacent to an activating group) is 1. The number of urea groups is 1. The van der Waals surface area contributed by atoms with E-state index in [1.165, 1.54) is 5.56 Å². The molecule has 7 heteroatoms. The van der Waals surface area contributed by atoms with Crippen LogP contribution in [0.25, 0.3) is 0 Å². The number of nitrogens with one attached hydrogen (secondary N) is 2. The summed E-state index contributed by atoms with van der Waals surface area (Å²) in [6.45, 7) is 6.63. The molecule has 0 bridgehead atoms. The molecular formula is C25H32N4O3. The first kappa shape index (κ1) is 23.5. The van der Waals surface area contributed by atoms with Crippen molar-refractivity contribution in [3.8, 4) is 0 Å². The third-order valence-electron chi connectivity index (χ3n) is 5.77. The Labute approximate surface area is 189 Å². The van der Waals surface area contributed by atoms with Crippen LogP contribution < -0.4 is 10.7 Å². The van der Waals surface area contributed by atoms with Crippen LogP contribution in [0.5, 0.6) is 0 Å². The van der Waals surface area contributed by atoms with Crippen LogP contribution in [0.4, 0.5) is 4.79 Å². The van der Waals surface area contributed by atoms with Crippen molar-refractivity contribution >= 4 is 17.8 Å². The zero-order chi connectivity index (χ0) is 23.3. The highest BCUT2D eigenvalue weighted by Crippen LogP contribution is 2.22. The average Bonchev–Trinajstić information content (AvgIpc) is 2.96. The van der Waals surface area contributed by atoms with Crippen LogP contribution in [0.2, 0.25) is 0 Å². The molecule has 1 atom stereocenters. The van der Waals surface area contributed by atoms with Crippen LogP contribution in [-0.2, 0) is 22.6 Å². The molecule has 1 aliphatic heterocycles. The molecule has 7 nitrogen and oxygen atoms in total. The second-order valence-corrected chi connectivity index (χ2v) is 8.99. The number of carbonyl (C=O) groups is 3. The van der Waals surface area contributed by atoms with Crippen molar-refractivity contribution in [1.82, 2.24) is 20.7 Å². The Bertz CT molecular complexity index is 959. The Kier molecular flexibility index (Phi) is 7.30. The standard InChI is InChI=1S/C25H32N4O3/c1-18(2)21-12-10-20(11-13-21)16-28(4)17-22(30)27-29-23(31)25(3,26-24(29)32)15-14-19-8-6-5-7-9-19/h5-13,18H,14-17H2,1-4H3,(H,26,32)(H,27,30). The van der Waals surface area contributed by atoms with Gasteiger partial charge in [0, 0.05) is 6.54 Å². The van der Waals surface area contributed by atoms with Crippen LogP contribution in [-0.4, -0.2) is 46.9 Å². The molecule has 0 saturated carbocycles. The monoisotopic (exact) mass is 436 g/mol. The molecule has 2 aromatic rings. The van der Waals surface area contributed by atoms with Gasteiger partial charge in [0.25, 0.3) is 11.8 Å². The maximum atomic E-state index is 12.9. The predicted octanol–water partition coefficient (Wildman–Crippen LogP) is 3.22. The zero-order valence-electron chi connectivity index (χ0n) is 19.2. The molecule has 1 saturated heterocycles. The van der Waals surface area contributed by atoms with Gasteiger partial charge in [0.1, 0.15) is 5.54 Å². The van der Waals surface area contributed by atoms with Gasteiger partial charge < -0.3 is 5.32 Å². The second kappa shape index (κ2) is 9.96. The first-order chi connectivity index (χ1) is 15.2. The molecule has 1 heterocycles. The number of hydrogen-bond donors (Lipinski definition) is 2. The summed E-state index contributed by atoms with van der Waals surface area (Å²) in [5, 5.41) is 3.53. The van der Waals surface area contributed by atoms with E-state index in [9.17, 15) is 14.4 Å². The highest BCUT2D eigenvalue weighted by atomic mass is 16.2. The molecule has 1 aliphatic rings. The number of hydrogen-bond acceptors (Lipinski definition) is 4. The predicted molar refractivity (Wildman–Crippen MR) is 124 cm³/mol. The van der Waals surface area contributed by atoms with E-state index >= 15 is 0 Å². The summed E-state index contributed by atoms with van der Waals surface area (Å²) in [5.41, 5.74) is 4.85. The van der Waals surface area contributed by atoms with Gasteiger partial charge in [-0.05, 0) is 49.4 Å². The first-order valence-corrected chi connectivity index (χ1v) is 11.0. The molecule has 0 spiro atoms. The second-order valence-electron chi connectivity index (χ2n) is 8.99. The average molecular weight is 437 g/mol. The number of amides is 4. The van der Waals surface area contributed by atoms with Crippen LogP contribution in [0, 0.1) is 0 Å². The third-order valence-corrected chi connectivity index (χ3v) is 5.77. The van der Waals surface area contributed by atoms with Gasteiger partial charge in [-0.15, -0.1) is 0 Å². The Morgan fingerprint density at radius 2 is 1.72 bits per heavy atom. The van der Waals surface area contributed by atoms with E-state index in [4.69, 9.17) is 0 Å². The molecule has 0 radical (unpaired) electrons. The topological polar surface area (TPSA) is 81.8 Å². The van der Waals surface area contributed by atoms with Crippen LogP contribution >= 0.6 is 0 Å². The number of imide groups is 1. The van der Waals surface area contributed by atoms with Crippen LogP contribution in [0.15, 0.2) is 54.6 Å². The van der Waals surface area contributed by atoms with Crippen molar-refractivity contribution in [3.05, 3.63) is 71.3 Å². The van der Waals surface area contributed by atoms with Gasteiger partial charge >= 0.3 is 6.03 Å². The molecule has 1 unspecified atom stereocenters. The molecule has 0 aliphatic carbocycles. The third kappa shape index (κ3) is 5.73. The number of carbonyl (C=O) groups excluding carboxylic acids is 3. The molecule has 1 fully saturated rings. The quantitative estimate of drug-likeness (QED) is 0.592. The highest BCUT2D eigenvalue weighted by molar-refractivity contribution is 6.07. The molecular weight excluding hydrogens is 404 g/mol. The summed E-state index contributed by atoms with van der Waals surface area (Å²) in [6.07, 6.45) is 1.09. The normalized spacial score (nSPS) is 18.4. The fourth-order valence-electron chi connectivity index (χ4n) is 3.78. The summed E-state index contributed by atoms with van der Waals surface area (Å²) >= 11 is 0. The Morgan fingerprint density at radius 3 is 2.34 bits per heavy atom. The Morgan fingerprint density at radius 1 is 1.06 bits per heavy atom. The number of hydrazine groups is 1. The summed E-state index contributed by atoms with van der Waals surface area (Å²) < 4.78 is 0. The van der Waals surface area contributed by atoms with E-state index < -0.39 is 23.4 Å². The molecule has 32 heavy (non-hydrogen) atoms. The van der Waals surface area contributed by atoms with Crippen molar-refractivity contribution in [1.29, 1.82) is 0 Å².